The molecule has 0 fully saturated rings. The Labute approximate surface area is 119 Å². The van der Waals surface area contributed by atoms with Crippen LogP contribution < -0.4 is 0 Å². The van der Waals surface area contributed by atoms with E-state index in [1.807, 2.05) is 0 Å². The first-order valence-corrected chi connectivity index (χ1v) is 6.49. The monoisotopic (exact) mass is 282 g/mol. The molecule has 0 saturated heterocycles. The van der Waals surface area contributed by atoms with E-state index in [4.69, 9.17) is 0 Å². The Balaban J connectivity index is 3.55. The van der Waals surface area contributed by atoms with Crippen LogP contribution in [0.5, 0.6) is 0 Å². The number of esters is 1. The Morgan fingerprint density at radius 3 is 1.60 bits per heavy atom. The van der Waals surface area contributed by atoms with Crippen LogP contribution in [-0.2, 0) is 28.6 Å². The summed E-state index contributed by atoms with van der Waals surface area (Å²) in [5, 5.41) is 0. The molecule has 2 radical (unpaired) electrons. The third-order valence-electron chi connectivity index (χ3n) is 2.74. The van der Waals surface area contributed by atoms with E-state index in [0.717, 1.165) is 0 Å². The molecular formula is C13H19BO6. The summed E-state index contributed by atoms with van der Waals surface area (Å²) in [6.45, 7) is 0. The maximum Gasteiger partial charge on any atom is 0.378 e. The van der Waals surface area contributed by atoms with E-state index in [-0.39, 0.29) is 37.2 Å². The second-order valence-corrected chi connectivity index (χ2v) is 4.35. The standard InChI is InChI=1S/C13H19BO6/c1-19-12(17)8-6-10(15)4-2-3-5-11(16)7-9-13(18)20-14/h2-9H2,1H3. The van der Waals surface area contributed by atoms with Gasteiger partial charge in [0.25, 0.3) is 5.97 Å². The van der Waals surface area contributed by atoms with Crippen LogP contribution in [0.15, 0.2) is 0 Å². The molecule has 0 amide bonds. The second kappa shape index (κ2) is 11.2. The summed E-state index contributed by atoms with van der Waals surface area (Å²) in [7, 11) is 5.92. The molecule has 0 unspecified atom stereocenters. The number of Topliss-reactive ketones (excluding diaryl/α,β-unsaturated/α-hetero) is 2. The highest BCUT2D eigenvalue weighted by atomic mass is 16.5. The second-order valence-electron chi connectivity index (χ2n) is 4.35. The van der Waals surface area contributed by atoms with Crippen LogP contribution in [0.1, 0.15) is 51.4 Å². The molecule has 0 aliphatic heterocycles. The zero-order valence-corrected chi connectivity index (χ0v) is 11.7. The minimum Gasteiger partial charge on any atom is -0.543 e. The van der Waals surface area contributed by atoms with E-state index in [9.17, 15) is 19.2 Å². The summed E-state index contributed by atoms with van der Waals surface area (Å²) in [4.78, 5) is 44.3. The van der Waals surface area contributed by atoms with Crippen LogP contribution in [0, 0.1) is 0 Å². The van der Waals surface area contributed by atoms with Crippen LogP contribution in [0.2, 0.25) is 0 Å². The van der Waals surface area contributed by atoms with Gasteiger partial charge in [-0.25, -0.2) is 0 Å². The van der Waals surface area contributed by atoms with Crippen molar-refractivity contribution >= 4 is 31.6 Å². The Hall–Kier alpha value is -1.66. The molecule has 0 atom stereocenters. The number of hydrogen-bond acceptors (Lipinski definition) is 6. The van der Waals surface area contributed by atoms with Crippen LogP contribution in [-0.4, -0.2) is 38.7 Å². The van der Waals surface area contributed by atoms with Gasteiger partial charge in [0.1, 0.15) is 11.6 Å². The average Bonchev–Trinajstić information content (AvgIpc) is 2.46. The lowest BCUT2D eigenvalue weighted by Gasteiger charge is -2.02. The van der Waals surface area contributed by atoms with Gasteiger partial charge in [0, 0.05) is 25.7 Å². The van der Waals surface area contributed by atoms with Gasteiger partial charge in [0.15, 0.2) is 0 Å². The van der Waals surface area contributed by atoms with Crippen molar-refractivity contribution in [2.24, 2.45) is 0 Å². The molecule has 0 spiro atoms. The first-order chi connectivity index (χ1) is 9.49. The van der Waals surface area contributed by atoms with Crippen molar-refractivity contribution in [3.05, 3.63) is 0 Å². The molecule has 0 N–H and O–H groups in total. The fourth-order valence-electron chi connectivity index (χ4n) is 1.54. The zero-order valence-electron chi connectivity index (χ0n) is 11.7. The first-order valence-electron chi connectivity index (χ1n) is 6.49. The van der Waals surface area contributed by atoms with Crippen molar-refractivity contribution in [1.29, 1.82) is 0 Å². The van der Waals surface area contributed by atoms with E-state index in [2.05, 4.69) is 17.4 Å². The molecule has 7 heteroatoms. The van der Waals surface area contributed by atoms with Gasteiger partial charge < -0.3 is 9.39 Å². The number of carbonyl (C=O) groups is 4. The summed E-state index contributed by atoms with van der Waals surface area (Å²) < 4.78 is 8.37. The van der Waals surface area contributed by atoms with Crippen molar-refractivity contribution in [2.75, 3.05) is 7.11 Å². The number of carbonyl (C=O) groups excluding carboxylic acids is 4. The fourth-order valence-corrected chi connectivity index (χ4v) is 1.54. The van der Waals surface area contributed by atoms with Crippen LogP contribution in [0.25, 0.3) is 0 Å². The Morgan fingerprint density at radius 1 is 0.750 bits per heavy atom. The number of ether oxygens (including phenoxy) is 1. The normalized spacial score (nSPS) is 9.85. The minimum absolute atomic E-state index is 0.0189. The molecule has 0 aromatic heterocycles. The molecule has 110 valence electrons. The summed E-state index contributed by atoms with van der Waals surface area (Å²) in [5.41, 5.74) is 0. The van der Waals surface area contributed by atoms with Crippen molar-refractivity contribution in [1.82, 2.24) is 0 Å². The summed E-state index contributed by atoms with van der Waals surface area (Å²) in [5.74, 6) is -1.09. The van der Waals surface area contributed by atoms with Crippen molar-refractivity contribution < 1.29 is 28.6 Å². The first kappa shape index (κ1) is 18.3. The molecule has 0 heterocycles. The predicted molar refractivity (Wildman–Crippen MR) is 70.8 cm³/mol. The van der Waals surface area contributed by atoms with Gasteiger partial charge in [-0.05, 0) is 12.8 Å². The molecule has 6 nitrogen and oxygen atoms in total. The zero-order chi connectivity index (χ0) is 15.4. The molecule has 20 heavy (non-hydrogen) atoms. The van der Waals surface area contributed by atoms with E-state index < -0.39 is 11.9 Å². The minimum atomic E-state index is -0.615. The number of hydrogen-bond donors (Lipinski definition) is 0. The van der Waals surface area contributed by atoms with Crippen LogP contribution >= 0.6 is 0 Å². The van der Waals surface area contributed by atoms with Gasteiger partial charge in [-0.15, -0.1) is 0 Å². The molecule has 0 rings (SSSR count). The van der Waals surface area contributed by atoms with Gasteiger partial charge in [0.05, 0.1) is 20.0 Å². The van der Waals surface area contributed by atoms with Gasteiger partial charge in [0.2, 0.25) is 0 Å². The van der Waals surface area contributed by atoms with E-state index in [1.165, 1.54) is 7.11 Å². The third kappa shape index (κ3) is 10.3. The number of unbranched alkanes of at least 4 members (excludes halogenated alkanes) is 1. The van der Waals surface area contributed by atoms with Crippen molar-refractivity contribution in [3.8, 4) is 0 Å². The Kier molecular flexibility index (Phi) is 10.3. The maximum atomic E-state index is 11.4. The molecule has 0 saturated carbocycles. The molecule has 0 aromatic carbocycles. The summed E-state index contributed by atoms with van der Waals surface area (Å²) in [6, 6.07) is 0. The third-order valence-corrected chi connectivity index (χ3v) is 2.74. The predicted octanol–water partition coefficient (Wildman–Crippen LogP) is 1.05. The topological polar surface area (TPSA) is 86.7 Å². The Morgan fingerprint density at radius 2 is 1.20 bits per heavy atom. The van der Waals surface area contributed by atoms with Gasteiger partial charge >= 0.3 is 14.0 Å². The van der Waals surface area contributed by atoms with Crippen molar-refractivity contribution in [3.63, 3.8) is 0 Å². The van der Waals surface area contributed by atoms with E-state index in [1.54, 1.807) is 0 Å². The Bertz CT molecular complexity index is 319. The molecular weight excluding hydrogens is 263 g/mol. The van der Waals surface area contributed by atoms with E-state index >= 15 is 0 Å². The smallest absolute Gasteiger partial charge is 0.378 e. The van der Waals surface area contributed by atoms with Gasteiger partial charge in [-0.1, -0.05) is 0 Å². The summed E-state index contributed by atoms with van der Waals surface area (Å²) >= 11 is 0. The fraction of sp³-hybridized carbons (Fsp3) is 0.692. The average molecular weight is 282 g/mol. The number of rotatable bonds is 11. The summed E-state index contributed by atoms with van der Waals surface area (Å²) in [6.07, 6.45) is 2.18. The largest absolute Gasteiger partial charge is 0.543 e. The van der Waals surface area contributed by atoms with Crippen LogP contribution in [0.4, 0.5) is 0 Å². The molecule has 0 aliphatic carbocycles. The van der Waals surface area contributed by atoms with Crippen LogP contribution in [0.3, 0.4) is 0 Å². The van der Waals surface area contributed by atoms with Gasteiger partial charge in [-0.2, -0.15) is 0 Å². The highest BCUT2D eigenvalue weighted by molar-refractivity contribution is 6.05. The lowest BCUT2D eigenvalue weighted by Crippen LogP contribution is -2.07. The maximum absolute atomic E-state index is 11.4. The lowest BCUT2D eigenvalue weighted by molar-refractivity contribution is -0.142. The van der Waals surface area contributed by atoms with E-state index in [0.29, 0.717) is 25.7 Å². The highest BCUT2D eigenvalue weighted by Gasteiger charge is 2.09. The number of ketones is 2. The quantitative estimate of drug-likeness (QED) is 0.320. The number of methoxy groups -OCH3 is 1. The molecule has 0 bridgehead atoms. The van der Waals surface area contributed by atoms with Gasteiger partial charge in [-0.3, -0.25) is 19.2 Å². The molecule has 0 aromatic rings. The highest BCUT2D eigenvalue weighted by Crippen LogP contribution is 2.07. The molecule has 0 aliphatic rings. The lowest BCUT2D eigenvalue weighted by atomic mass is 10.0. The van der Waals surface area contributed by atoms with Crippen molar-refractivity contribution in [2.45, 2.75) is 51.4 Å². The SMILES string of the molecule is [B]OC(=O)CCC(=O)CCCCC(=O)CCC(=O)OC.